The summed E-state index contributed by atoms with van der Waals surface area (Å²) in [4.78, 5) is 42.7. The number of ether oxygens (including phenoxy) is 2. The number of fused-ring (bicyclic) bond motifs is 2. The summed E-state index contributed by atoms with van der Waals surface area (Å²) in [6, 6.07) is 8.32. The first kappa shape index (κ1) is 59.9. The van der Waals surface area contributed by atoms with E-state index >= 15 is 0 Å². The number of nitrogens with zero attached hydrogens (tertiary/aromatic N) is 3. The summed E-state index contributed by atoms with van der Waals surface area (Å²) < 4.78 is 150. The van der Waals surface area contributed by atoms with Gasteiger partial charge in [0.2, 0.25) is 5.69 Å². The average Bonchev–Trinajstić information content (AvgIpc) is 3.81. The first-order chi connectivity index (χ1) is 34.1. The van der Waals surface area contributed by atoms with Crippen LogP contribution in [0.3, 0.4) is 0 Å². The number of amides is 2. The van der Waals surface area contributed by atoms with Gasteiger partial charge < -0.3 is 19.2 Å². The van der Waals surface area contributed by atoms with E-state index in [0.29, 0.717) is 51.9 Å². The molecule has 0 bridgehead atoms. The molecular weight excluding hydrogens is 1050 g/mol. The summed E-state index contributed by atoms with van der Waals surface area (Å²) in [5, 5.41) is 0.483. The monoisotopic (exact) mass is 1110 g/mol. The van der Waals surface area contributed by atoms with Crippen molar-refractivity contribution in [3.05, 3.63) is 95.8 Å². The van der Waals surface area contributed by atoms with Gasteiger partial charge in [-0.2, -0.15) is 38.2 Å². The van der Waals surface area contributed by atoms with Crippen molar-refractivity contribution in [2.45, 2.75) is 131 Å². The molecule has 2 aromatic carbocycles. The highest BCUT2D eigenvalue weighted by atomic mass is 32.2. The Morgan fingerprint density at radius 2 is 1.27 bits per heavy atom. The molecule has 1 saturated heterocycles. The van der Waals surface area contributed by atoms with Crippen LogP contribution in [0.4, 0.5) is 11.4 Å². The molecule has 0 spiro atoms. The molecule has 74 heavy (non-hydrogen) atoms. The quantitative estimate of drug-likeness (QED) is 0.0353. The number of hydrogen-bond donors (Lipinski definition) is 4. The number of rotatable bonds is 26. The van der Waals surface area contributed by atoms with Gasteiger partial charge in [0, 0.05) is 66.6 Å². The SMILES string of the molecule is COCC[N+]1=C(C=CC=CC=CC=C2N(C(C)(C)CCOC(C)(C)CCC(=O)ON3C(=O)CCC3=O)c3ccc(S(=O)(=O)O)cc3C2(C)CCCS(=O)(=O)O)C(C)(CCCS(=O)(=O)O)c2cc(S(=O)(=O)O)ccc21. The van der Waals surface area contributed by atoms with E-state index in [1.807, 2.05) is 30.2 Å². The molecule has 0 aliphatic carbocycles. The predicted molar refractivity (Wildman–Crippen MR) is 273 cm³/mol. The van der Waals surface area contributed by atoms with Gasteiger partial charge in [-0.1, -0.05) is 30.4 Å². The van der Waals surface area contributed by atoms with Gasteiger partial charge in [-0.3, -0.25) is 27.8 Å². The Bertz CT molecular complexity index is 3110. The maximum Gasteiger partial charge on any atom is 0.333 e. The number of methoxy groups -OCH3 is 1. The molecule has 5 rings (SSSR count). The Hall–Kier alpha value is -4.96. The highest BCUT2D eigenvalue weighted by molar-refractivity contribution is 7.86. The molecule has 2 amide bonds. The molecule has 25 heteroatoms. The van der Waals surface area contributed by atoms with Crippen LogP contribution in [0, 0.1) is 0 Å². The zero-order valence-corrected chi connectivity index (χ0v) is 45.6. The van der Waals surface area contributed by atoms with Crippen molar-refractivity contribution in [2.24, 2.45) is 0 Å². The van der Waals surface area contributed by atoms with E-state index < -0.39 is 91.7 Å². The normalized spacial score (nSPS) is 20.6. The first-order valence-electron chi connectivity index (χ1n) is 23.6. The number of benzene rings is 2. The molecule has 2 atom stereocenters. The summed E-state index contributed by atoms with van der Waals surface area (Å²) in [5.41, 5.74) is -0.453. The van der Waals surface area contributed by atoms with E-state index in [0.717, 1.165) is 0 Å². The van der Waals surface area contributed by atoms with Gasteiger partial charge in [0.15, 0.2) is 12.3 Å². The van der Waals surface area contributed by atoms with Crippen molar-refractivity contribution in [2.75, 3.05) is 43.3 Å². The van der Waals surface area contributed by atoms with Crippen LogP contribution in [-0.4, -0.2) is 135 Å². The number of allylic oxidation sites excluding steroid dienone is 8. The van der Waals surface area contributed by atoms with Crippen molar-refractivity contribution in [1.82, 2.24) is 5.06 Å². The fourth-order valence-corrected chi connectivity index (χ4v) is 11.6. The Balaban J connectivity index is 1.48. The second-order valence-electron chi connectivity index (χ2n) is 20.0. The Morgan fingerprint density at radius 3 is 1.84 bits per heavy atom. The van der Waals surface area contributed by atoms with E-state index in [2.05, 4.69) is 0 Å². The van der Waals surface area contributed by atoms with Crippen LogP contribution in [0.5, 0.6) is 0 Å². The molecule has 408 valence electrons. The molecular formula is C49H66N3O18S4+. The molecule has 21 nitrogen and oxygen atoms in total. The zero-order chi connectivity index (χ0) is 55.3. The maximum atomic E-state index is 12.6. The van der Waals surface area contributed by atoms with Crippen LogP contribution in [0.1, 0.15) is 110 Å². The summed E-state index contributed by atoms with van der Waals surface area (Å²) >= 11 is 0. The van der Waals surface area contributed by atoms with Gasteiger partial charge >= 0.3 is 5.97 Å². The van der Waals surface area contributed by atoms with Crippen LogP contribution in [-0.2, 0) is 80.0 Å². The number of anilines is 1. The maximum absolute atomic E-state index is 12.6. The molecule has 4 N–H and O–H groups in total. The van der Waals surface area contributed by atoms with Crippen molar-refractivity contribution in [1.29, 1.82) is 0 Å². The lowest BCUT2D eigenvalue weighted by molar-refractivity contribution is -0.441. The molecule has 1 fully saturated rings. The van der Waals surface area contributed by atoms with Crippen molar-refractivity contribution >= 4 is 75.3 Å². The minimum absolute atomic E-state index is 0.00879. The van der Waals surface area contributed by atoms with Crippen molar-refractivity contribution in [3.63, 3.8) is 0 Å². The Kier molecular flexibility index (Phi) is 18.7. The lowest BCUT2D eigenvalue weighted by Crippen LogP contribution is -2.45. The molecule has 0 aromatic heterocycles. The number of carbonyl (C=O) groups is 3. The first-order valence-corrected chi connectivity index (χ1v) is 29.7. The standard InChI is InChI=1S/C49H65N3O18S4/c1-46(2,27-29-69-47(3,4)26-23-45(55)70-52-43(53)21-22-44(52)54)51-40-20-18-36(74(65,66)67)34-38(40)49(6,25-14-32-72(59,60)61)42(51)16-12-10-8-9-11-15-41-48(5,24-13-31-71(56,57)58)37-33-35(73(62,63)64)17-19-39(37)50(41)28-30-68-7/h8-12,15-20,33-34H,13-14,21-32H2,1-7H3,(H3-,56,57,58,59,60,61,62,63,64,65,66,67)/p+1. The summed E-state index contributed by atoms with van der Waals surface area (Å²) in [5.74, 6) is -3.11. The van der Waals surface area contributed by atoms with Gasteiger partial charge in [0.25, 0.3) is 52.3 Å². The third-order valence-electron chi connectivity index (χ3n) is 13.5. The van der Waals surface area contributed by atoms with Crippen molar-refractivity contribution < 1.29 is 85.2 Å². The lowest BCUT2D eigenvalue weighted by atomic mass is 9.76. The van der Waals surface area contributed by atoms with Gasteiger partial charge in [-0.25, -0.2) is 4.79 Å². The van der Waals surface area contributed by atoms with Crippen LogP contribution in [0.2, 0.25) is 0 Å². The summed E-state index contributed by atoms with van der Waals surface area (Å²) in [6.07, 6.45) is 12.6. The van der Waals surface area contributed by atoms with Gasteiger partial charge in [0.1, 0.15) is 6.61 Å². The number of hydroxylamine groups is 2. The van der Waals surface area contributed by atoms with Crippen LogP contribution >= 0.6 is 0 Å². The van der Waals surface area contributed by atoms with E-state index in [9.17, 15) is 66.3 Å². The smallest absolute Gasteiger partial charge is 0.333 e. The van der Waals surface area contributed by atoms with Gasteiger partial charge in [-0.05, 0) is 122 Å². The highest BCUT2D eigenvalue weighted by Crippen LogP contribution is 2.54. The molecule has 0 radical (unpaired) electrons. The Morgan fingerprint density at radius 1 is 0.730 bits per heavy atom. The lowest BCUT2D eigenvalue weighted by Gasteiger charge is -2.42. The molecule has 3 aliphatic rings. The van der Waals surface area contributed by atoms with Crippen LogP contribution in [0.15, 0.2) is 94.4 Å². The van der Waals surface area contributed by atoms with E-state index in [1.165, 1.54) is 31.4 Å². The number of hydrogen-bond acceptors (Lipinski definition) is 15. The largest absolute Gasteiger partial charge is 0.378 e. The number of carbonyl (C=O) groups excluding carboxylic acids is 3. The number of imide groups is 1. The summed E-state index contributed by atoms with van der Waals surface area (Å²) in [7, 11) is -16.5. The summed E-state index contributed by atoms with van der Waals surface area (Å²) in [6.45, 7) is 11.7. The fourth-order valence-electron chi connectivity index (χ4n) is 9.55. The van der Waals surface area contributed by atoms with E-state index in [-0.39, 0.29) is 74.4 Å². The Labute approximate surface area is 433 Å². The molecule has 3 heterocycles. The second-order valence-corrected chi connectivity index (χ2v) is 26.0. The predicted octanol–water partition coefficient (Wildman–Crippen LogP) is 6.20. The highest BCUT2D eigenvalue weighted by Gasteiger charge is 2.50. The van der Waals surface area contributed by atoms with E-state index in [1.54, 1.807) is 75.4 Å². The van der Waals surface area contributed by atoms with Crippen LogP contribution in [0.25, 0.3) is 0 Å². The fraction of sp³-hybridized carbons (Fsp3) is 0.510. The van der Waals surface area contributed by atoms with Crippen molar-refractivity contribution in [3.8, 4) is 0 Å². The molecule has 0 saturated carbocycles. The van der Waals surface area contributed by atoms with Gasteiger partial charge in [-0.15, -0.1) is 5.06 Å². The zero-order valence-electron chi connectivity index (χ0n) is 42.4. The third kappa shape index (κ3) is 14.9. The van der Waals surface area contributed by atoms with Crippen LogP contribution < -0.4 is 4.90 Å². The molecule has 3 aliphatic heterocycles. The third-order valence-corrected chi connectivity index (χ3v) is 16.8. The minimum atomic E-state index is -4.70. The second kappa shape index (κ2) is 23.1. The van der Waals surface area contributed by atoms with Gasteiger partial charge in [0.05, 0.1) is 38.7 Å². The molecule has 2 unspecified atom stereocenters. The molecule has 2 aromatic rings. The minimum Gasteiger partial charge on any atom is -0.378 e. The average molecular weight is 1110 g/mol. The van der Waals surface area contributed by atoms with E-state index in [4.69, 9.17) is 14.3 Å². The topological polar surface area (TPSA) is 306 Å².